The van der Waals surface area contributed by atoms with E-state index in [9.17, 15) is 4.79 Å². The molecule has 0 saturated heterocycles. The summed E-state index contributed by atoms with van der Waals surface area (Å²) in [4.78, 5) is 15.4. The number of rotatable bonds is 4. The predicted octanol–water partition coefficient (Wildman–Crippen LogP) is 3.48. The van der Waals surface area contributed by atoms with Crippen LogP contribution in [0.4, 0.5) is 0 Å². The third-order valence-electron chi connectivity index (χ3n) is 2.38. The van der Waals surface area contributed by atoms with Crippen LogP contribution in [0.5, 0.6) is 5.75 Å². The summed E-state index contributed by atoms with van der Waals surface area (Å²) in [5.74, 6) is 0.0312. The molecule has 0 aliphatic heterocycles. The highest BCUT2D eigenvalue weighted by Gasteiger charge is 2.10. The SMILES string of the molecule is CCOC(=O)COc1ccc(Cl)c2cc(Cl)cnc12. The number of aromatic nitrogens is 1. The van der Waals surface area contributed by atoms with Crippen molar-refractivity contribution in [3.63, 3.8) is 0 Å². The van der Waals surface area contributed by atoms with Crippen molar-refractivity contribution >= 4 is 40.1 Å². The minimum Gasteiger partial charge on any atom is -0.480 e. The van der Waals surface area contributed by atoms with Gasteiger partial charge in [0.25, 0.3) is 0 Å². The van der Waals surface area contributed by atoms with Gasteiger partial charge in [-0.3, -0.25) is 4.98 Å². The van der Waals surface area contributed by atoms with E-state index in [4.69, 9.17) is 32.7 Å². The number of esters is 1. The van der Waals surface area contributed by atoms with E-state index in [2.05, 4.69) is 4.98 Å². The number of hydrogen-bond donors (Lipinski definition) is 0. The number of pyridine rings is 1. The van der Waals surface area contributed by atoms with E-state index in [1.54, 1.807) is 25.1 Å². The smallest absolute Gasteiger partial charge is 0.344 e. The van der Waals surface area contributed by atoms with Crippen molar-refractivity contribution in [3.8, 4) is 5.75 Å². The van der Waals surface area contributed by atoms with Crippen LogP contribution < -0.4 is 4.74 Å². The van der Waals surface area contributed by atoms with Gasteiger partial charge in [-0.2, -0.15) is 0 Å². The zero-order chi connectivity index (χ0) is 13.8. The van der Waals surface area contributed by atoms with Crippen LogP contribution in [0.15, 0.2) is 24.4 Å². The van der Waals surface area contributed by atoms with Crippen molar-refractivity contribution in [2.45, 2.75) is 6.92 Å². The van der Waals surface area contributed by atoms with Gasteiger partial charge in [0.05, 0.1) is 16.7 Å². The molecule has 2 rings (SSSR count). The molecule has 1 heterocycles. The Morgan fingerprint density at radius 1 is 1.37 bits per heavy atom. The van der Waals surface area contributed by atoms with E-state index in [-0.39, 0.29) is 6.61 Å². The molecule has 0 unspecified atom stereocenters. The molecule has 0 N–H and O–H groups in total. The van der Waals surface area contributed by atoms with Gasteiger partial charge < -0.3 is 9.47 Å². The molecule has 6 heteroatoms. The minimum atomic E-state index is -0.431. The largest absolute Gasteiger partial charge is 0.480 e. The Morgan fingerprint density at radius 2 is 2.16 bits per heavy atom. The molecule has 0 radical (unpaired) electrons. The highest BCUT2D eigenvalue weighted by atomic mass is 35.5. The maximum atomic E-state index is 11.3. The van der Waals surface area contributed by atoms with Crippen LogP contribution in [0, 0.1) is 0 Å². The van der Waals surface area contributed by atoms with E-state index < -0.39 is 5.97 Å². The van der Waals surface area contributed by atoms with Crippen LogP contribution in [0.1, 0.15) is 6.92 Å². The van der Waals surface area contributed by atoms with Crippen LogP contribution in [-0.4, -0.2) is 24.2 Å². The first-order chi connectivity index (χ1) is 9.11. The number of hydrogen-bond acceptors (Lipinski definition) is 4. The lowest BCUT2D eigenvalue weighted by Crippen LogP contribution is -2.14. The molecule has 0 aliphatic carbocycles. The summed E-state index contributed by atoms with van der Waals surface area (Å²) >= 11 is 11.9. The van der Waals surface area contributed by atoms with Crippen LogP contribution in [0.3, 0.4) is 0 Å². The Bertz CT molecular complexity index is 616. The zero-order valence-corrected chi connectivity index (χ0v) is 11.7. The molecule has 100 valence electrons. The highest BCUT2D eigenvalue weighted by Crippen LogP contribution is 2.31. The molecular formula is C13H11Cl2NO3. The molecule has 0 bridgehead atoms. The lowest BCUT2D eigenvalue weighted by molar-refractivity contribution is -0.145. The summed E-state index contributed by atoms with van der Waals surface area (Å²) in [6.07, 6.45) is 1.50. The van der Waals surface area contributed by atoms with E-state index in [1.165, 1.54) is 6.20 Å². The zero-order valence-electron chi connectivity index (χ0n) is 10.2. The van der Waals surface area contributed by atoms with Gasteiger partial charge in [-0.1, -0.05) is 23.2 Å². The normalized spacial score (nSPS) is 10.5. The van der Waals surface area contributed by atoms with Crippen molar-refractivity contribution in [1.29, 1.82) is 0 Å². The lowest BCUT2D eigenvalue weighted by atomic mass is 10.2. The average molecular weight is 300 g/mol. The van der Waals surface area contributed by atoms with Crippen LogP contribution in [0.2, 0.25) is 10.0 Å². The second kappa shape index (κ2) is 6.08. The van der Waals surface area contributed by atoms with E-state index >= 15 is 0 Å². The number of carbonyl (C=O) groups excluding carboxylic acids is 1. The molecule has 0 fully saturated rings. The summed E-state index contributed by atoms with van der Waals surface area (Å²) in [7, 11) is 0. The molecule has 0 atom stereocenters. The predicted molar refractivity (Wildman–Crippen MR) is 73.9 cm³/mol. The van der Waals surface area contributed by atoms with Crippen LogP contribution >= 0.6 is 23.2 Å². The lowest BCUT2D eigenvalue weighted by Gasteiger charge is -2.09. The van der Waals surface area contributed by atoms with Gasteiger partial charge in [-0.05, 0) is 25.1 Å². The summed E-state index contributed by atoms with van der Waals surface area (Å²) in [6.45, 7) is 1.88. The van der Waals surface area contributed by atoms with E-state index in [0.717, 1.165) is 0 Å². The quantitative estimate of drug-likeness (QED) is 0.811. The van der Waals surface area contributed by atoms with Gasteiger partial charge in [0.15, 0.2) is 6.61 Å². The Labute approximate surface area is 120 Å². The Hall–Kier alpha value is -1.52. The van der Waals surface area contributed by atoms with Crippen molar-refractivity contribution < 1.29 is 14.3 Å². The first kappa shape index (κ1) is 13.9. The van der Waals surface area contributed by atoms with Gasteiger partial charge in [0.1, 0.15) is 11.3 Å². The maximum absolute atomic E-state index is 11.3. The topological polar surface area (TPSA) is 48.4 Å². The van der Waals surface area contributed by atoms with Crippen molar-refractivity contribution in [2.24, 2.45) is 0 Å². The number of benzene rings is 1. The standard InChI is InChI=1S/C13H11Cl2NO3/c1-2-18-12(17)7-19-11-4-3-10(15)9-5-8(14)6-16-13(9)11/h3-6H,2,7H2,1H3. The molecule has 0 saturated carbocycles. The first-order valence-corrected chi connectivity index (χ1v) is 6.39. The Balaban J connectivity index is 2.29. The molecule has 0 aliphatic rings. The molecular weight excluding hydrogens is 289 g/mol. The van der Waals surface area contributed by atoms with Gasteiger partial charge in [-0.15, -0.1) is 0 Å². The summed E-state index contributed by atoms with van der Waals surface area (Å²) < 4.78 is 10.2. The molecule has 2 aromatic rings. The first-order valence-electron chi connectivity index (χ1n) is 5.64. The monoisotopic (exact) mass is 299 g/mol. The van der Waals surface area contributed by atoms with Gasteiger partial charge >= 0.3 is 5.97 Å². The van der Waals surface area contributed by atoms with E-state index in [1.807, 2.05) is 0 Å². The molecule has 4 nitrogen and oxygen atoms in total. The van der Waals surface area contributed by atoms with Crippen LogP contribution in [0.25, 0.3) is 10.9 Å². The van der Waals surface area contributed by atoms with Crippen molar-refractivity contribution in [3.05, 3.63) is 34.4 Å². The molecule has 0 spiro atoms. The number of nitrogens with zero attached hydrogens (tertiary/aromatic N) is 1. The Morgan fingerprint density at radius 3 is 2.89 bits per heavy atom. The second-order valence-corrected chi connectivity index (χ2v) is 4.53. The summed E-state index contributed by atoms with van der Waals surface area (Å²) in [6, 6.07) is 5.02. The number of carbonyl (C=O) groups is 1. The fraction of sp³-hybridized carbons (Fsp3) is 0.231. The summed E-state index contributed by atoms with van der Waals surface area (Å²) in [5, 5.41) is 1.68. The van der Waals surface area contributed by atoms with Gasteiger partial charge in [-0.25, -0.2) is 4.79 Å². The molecule has 1 aromatic carbocycles. The maximum Gasteiger partial charge on any atom is 0.344 e. The number of ether oxygens (including phenoxy) is 2. The van der Waals surface area contributed by atoms with Gasteiger partial charge in [0, 0.05) is 11.6 Å². The van der Waals surface area contributed by atoms with Gasteiger partial charge in [0.2, 0.25) is 0 Å². The third-order valence-corrected chi connectivity index (χ3v) is 2.91. The average Bonchev–Trinajstić information content (AvgIpc) is 2.39. The number of halogens is 2. The van der Waals surface area contributed by atoms with Crippen molar-refractivity contribution in [2.75, 3.05) is 13.2 Å². The Kier molecular flexibility index (Phi) is 4.45. The van der Waals surface area contributed by atoms with E-state index in [0.29, 0.717) is 33.3 Å². The third kappa shape index (κ3) is 3.28. The summed E-state index contributed by atoms with van der Waals surface area (Å²) in [5.41, 5.74) is 0.557. The molecule has 1 aromatic heterocycles. The van der Waals surface area contributed by atoms with Crippen LogP contribution in [-0.2, 0) is 9.53 Å². The molecule has 0 amide bonds. The minimum absolute atomic E-state index is 0.172. The second-order valence-electron chi connectivity index (χ2n) is 3.69. The van der Waals surface area contributed by atoms with Crippen molar-refractivity contribution in [1.82, 2.24) is 4.98 Å². The fourth-order valence-corrected chi connectivity index (χ4v) is 1.96. The molecule has 19 heavy (non-hydrogen) atoms. The number of fused-ring (bicyclic) bond motifs is 1. The fourth-order valence-electron chi connectivity index (χ4n) is 1.59. The highest BCUT2D eigenvalue weighted by molar-refractivity contribution is 6.36.